The zero-order chi connectivity index (χ0) is 18.0. The molecule has 0 spiro atoms. The molecule has 0 N–H and O–H groups in total. The van der Waals surface area contributed by atoms with E-state index in [-0.39, 0.29) is 17.5 Å². The summed E-state index contributed by atoms with van der Waals surface area (Å²) in [5.41, 5.74) is -0.0243. The second-order valence-electron chi connectivity index (χ2n) is 5.80. The molecular weight excluding hydrogens is 347 g/mol. The number of anilines is 1. The Labute approximate surface area is 148 Å². The summed E-state index contributed by atoms with van der Waals surface area (Å²) in [4.78, 5) is 18.9. The Morgan fingerprint density at radius 1 is 1.36 bits per heavy atom. The highest BCUT2D eigenvalue weighted by molar-refractivity contribution is 7.09. The van der Waals surface area contributed by atoms with Gasteiger partial charge in [-0.05, 0) is 6.92 Å². The lowest BCUT2D eigenvalue weighted by Crippen LogP contribution is -2.47. The fraction of sp³-hybridized carbons (Fsp3) is 0.438. The summed E-state index contributed by atoms with van der Waals surface area (Å²) in [5, 5.41) is 14.0. The largest absolute Gasteiger partial charge is 0.490 e. The molecule has 1 saturated heterocycles. The van der Waals surface area contributed by atoms with E-state index in [0.717, 1.165) is 24.2 Å². The van der Waals surface area contributed by atoms with Crippen LogP contribution in [0.4, 0.5) is 15.8 Å². The number of halogens is 1. The Balaban J connectivity index is 1.73. The van der Waals surface area contributed by atoms with Crippen molar-refractivity contribution < 1.29 is 14.1 Å². The van der Waals surface area contributed by atoms with E-state index in [2.05, 4.69) is 16.8 Å². The molecule has 1 aromatic carbocycles. The van der Waals surface area contributed by atoms with Crippen LogP contribution in [0.3, 0.4) is 0 Å². The van der Waals surface area contributed by atoms with Gasteiger partial charge in [0.1, 0.15) is 5.01 Å². The number of nitro groups is 1. The normalized spacial score (nSPS) is 16.7. The molecule has 9 heteroatoms. The fourth-order valence-electron chi connectivity index (χ4n) is 3.03. The third-order valence-corrected chi connectivity index (χ3v) is 5.40. The van der Waals surface area contributed by atoms with E-state index in [1.54, 1.807) is 17.5 Å². The maximum Gasteiger partial charge on any atom is 0.313 e. The van der Waals surface area contributed by atoms with Gasteiger partial charge < -0.3 is 9.64 Å². The monoisotopic (exact) mass is 366 g/mol. The zero-order valence-electron chi connectivity index (χ0n) is 14.0. The van der Waals surface area contributed by atoms with Crippen LogP contribution in [-0.2, 0) is 0 Å². The highest BCUT2D eigenvalue weighted by Gasteiger charge is 2.27. The van der Waals surface area contributed by atoms with E-state index in [4.69, 9.17) is 4.74 Å². The first-order chi connectivity index (χ1) is 12.0. The number of aromatic nitrogens is 1. The maximum absolute atomic E-state index is 14.4. The second kappa shape index (κ2) is 7.32. The van der Waals surface area contributed by atoms with Crippen molar-refractivity contribution in [1.29, 1.82) is 0 Å². The van der Waals surface area contributed by atoms with Gasteiger partial charge in [-0.2, -0.15) is 0 Å². The van der Waals surface area contributed by atoms with Crippen molar-refractivity contribution in [1.82, 2.24) is 9.88 Å². The molecular formula is C16H19FN4O3S. The van der Waals surface area contributed by atoms with Crippen LogP contribution in [0.2, 0.25) is 0 Å². The standard InChI is InChI=1S/C16H19FN4O3S/c1-11(16-18-3-8-25-16)19-4-6-20(7-5-19)13-10-15(24-2)14(21(22)23)9-12(13)17/h3,8-11H,4-7H2,1-2H3. The molecule has 2 heterocycles. The molecule has 1 aromatic heterocycles. The van der Waals surface area contributed by atoms with Gasteiger partial charge in [0.25, 0.3) is 0 Å². The van der Waals surface area contributed by atoms with Crippen molar-refractivity contribution in [2.45, 2.75) is 13.0 Å². The Kier molecular flexibility index (Phi) is 5.14. The van der Waals surface area contributed by atoms with E-state index < -0.39 is 10.7 Å². The first kappa shape index (κ1) is 17.6. The van der Waals surface area contributed by atoms with Gasteiger partial charge in [0.05, 0.1) is 29.8 Å². The van der Waals surface area contributed by atoms with Crippen molar-refractivity contribution >= 4 is 22.7 Å². The molecule has 1 unspecified atom stereocenters. The van der Waals surface area contributed by atoms with Gasteiger partial charge >= 0.3 is 5.69 Å². The van der Waals surface area contributed by atoms with Crippen molar-refractivity contribution in [2.75, 3.05) is 38.2 Å². The smallest absolute Gasteiger partial charge is 0.313 e. The molecule has 25 heavy (non-hydrogen) atoms. The van der Waals surface area contributed by atoms with E-state index in [9.17, 15) is 14.5 Å². The number of piperazine rings is 1. The van der Waals surface area contributed by atoms with Crippen LogP contribution >= 0.6 is 11.3 Å². The summed E-state index contributed by atoms with van der Waals surface area (Å²) in [6.07, 6.45) is 1.80. The number of nitrogens with zero attached hydrogens (tertiary/aromatic N) is 4. The van der Waals surface area contributed by atoms with Crippen molar-refractivity contribution in [3.8, 4) is 5.75 Å². The molecule has 1 atom stereocenters. The summed E-state index contributed by atoms with van der Waals surface area (Å²) >= 11 is 1.63. The molecule has 0 radical (unpaired) electrons. The Morgan fingerprint density at radius 2 is 2.08 bits per heavy atom. The third kappa shape index (κ3) is 3.57. The Morgan fingerprint density at radius 3 is 2.64 bits per heavy atom. The minimum absolute atomic E-state index is 0.0694. The molecule has 2 aromatic rings. The fourth-order valence-corrected chi connectivity index (χ4v) is 3.76. The maximum atomic E-state index is 14.4. The first-order valence-corrected chi connectivity index (χ1v) is 8.79. The van der Waals surface area contributed by atoms with Gasteiger partial charge in [-0.25, -0.2) is 9.37 Å². The second-order valence-corrected chi connectivity index (χ2v) is 6.73. The van der Waals surface area contributed by atoms with Gasteiger partial charge in [0, 0.05) is 43.8 Å². The molecule has 1 aliphatic rings. The van der Waals surface area contributed by atoms with Gasteiger partial charge in [-0.15, -0.1) is 11.3 Å². The number of methoxy groups -OCH3 is 1. The Bertz CT molecular complexity index is 748. The van der Waals surface area contributed by atoms with Gasteiger partial charge in [-0.3, -0.25) is 15.0 Å². The van der Waals surface area contributed by atoms with Crippen molar-refractivity contribution in [2.24, 2.45) is 0 Å². The third-order valence-electron chi connectivity index (χ3n) is 4.46. The van der Waals surface area contributed by atoms with E-state index in [0.29, 0.717) is 18.8 Å². The highest BCUT2D eigenvalue weighted by atomic mass is 32.1. The first-order valence-electron chi connectivity index (χ1n) is 7.91. The lowest BCUT2D eigenvalue weighted by atomic mass is 10.2. The van der Waals surface area contributed by atoms with Crippen LogP contribution in [0.5, 0.6) is 5.75 Å². The minimum atomic E-state index is -0.640. The van der Waals surface area contributed by atoms with Crippen LogP contribution in [0, 0.1) is 15.9 Å². The molecule has 3 rings (SSSR count). The summed E-state index contributed by atoms with van der Waals surface area (Å²) < 4.78 is 19.4. The van der Waals surface area contributed by atoms with Crippen molar-refractivity contribution in [3.05, 3.63) is 44.6 Å². The van der Waals surface area contributed by atoms with Gasteiger partial charge in [0.2, 0.25) is 0 Å². The average molecular weight is 366 g/mol. The van der Waals surface area contributed by atoms with Crippen LogP contribution in [0.1, 0.15) is 18.0 Å². The number of hydrogen-bond donors (Lipinski definition) is 0. The summed E-state index contributed by atoms with van der Waals surface area (Å²) in [7, 11) is 1.34. The molecule has 0 saturated carbocycles. The number of thiazole rings is 1. The lowest BCUT2D eigenvalue weighted by Gasteiger charge is -2.38. The average Bonchev–Trinajstić information content (AvgIpc) is 3.15. The SMILES string of the molecule is COc1cc(N2CCN(C(C)c3nccs3)CC2)c(F)cc1[N+](=O)[O-]. The zero-order valence-corrected chi connectivity index (χ0v) is 14.8. The van der Waals surface area contributed by atoms with Crippen molar-refractivity contribution in [3.63, 3.8) is 0 Å². The molecule has 1 aliphatic heterocycles. The van der Waals surface area contributed by atoms with Gasteiger partial charge in [0.15, 0.2) is 11.6 Å². The topological polar surface area (TPSA) is 71.7 Å². The summed E-state index contributed by atoms with van der Waals surface area (Å²) in [5.74, 6) is -0.533. The van der Waals surface area contributed by atoms with Crippen LogP contribution < -0.4 is 9.64 Å². The van der Waals surface area contributed by atoms with Crippen LogP contribution in [0.15, 0.2) is 23.7 Å². The Hall–Kier alpha value is -2.26. The van der Waals surface area contributed by atoms with Gasteiger partial charge in [-0.1, -0.05) is 0 Å². The summed E-state index contributed by atoms with van der Waals surface area (Å²) in [6, 6.07) is 2.56. The minimum Gasteiger partial charge on any atom is -0.490 e. The number of nitro benzene ring substituents is 1. The van der Waals surface area contributed by atoms with E-state index in [1.807, 2.05) is 10.3 Å². The number of benzene rings is 1. The molecule has 0 amide bonds. The predicted octanol–water partition coefficient (Wildman–Crippen LogP) is 3.08. The van der Waals surface area contributed by atoms with Crippen LogP contribution in [0.25, 0.3) is 0 Å². The number of hydrogen-bond acceptors (Lipinski definition) is 7. The van der Waals surface area contributed by atoms with Crippen LogP contribution in [-0.4, -0.2) is 48.1 Å². The van der Waals surface area contributed by atoms with E-state index >= 15 is 0 Å². The van der Waals surface area contributed by atoms with E-state index in [1.165, 1.54) is 13.2 Å². The molecule has 0 bridgehead atoms. The highest BCUT2D eigenvalue weighted by Crippen LogP contribution is 2.35. The number of rotatable bonds is 5. The summed E-state index contributed by atoms with van der Waals surface area (Å²) in [6.45, 7) is 4.91. The number of ether oxygens (including phenoxy) is 1. The molecule has 134 valence electrons. The molecule has 0 aliphatic carbocycles. The lowest BCUT2D eigenvalue weighted by molar-refractivity contribution is -0.385. The molecule has 1 fully saturated rings. The molecule has 7 nitrogen and oxygen atoms in total. The predicted molar refractivity (Wildman–Crippen MR) is 93.9 cm³/mol. The quantitative estimate of drug-likeness (QED) is 0.598.